The van der Waals surface area contributed by atoms with Crippen molar-refractivity contribution in [1.82, 2.24) is 0 Å². The van der Waals surface area contributed by atoms with Gasteiger partial charge >= 0.3 is 5.97 Å². The Labute approximate surface area is 163 Å². The fourth-order valence-corrected chi connectivity index (χ4v) is 8.68. The van der Waals surface area contributed by atoms with E-state index in [1.54, 1.807) is 0 Å². The van der Waals surface area contributed by atoms with Crippen molar-refractivity contribution in [2.45, 2.75) is 84.2 Å². The minimum absolute atomic E-state index is 0.00590. The maximum atomic E-state index is 13.1. The third-order valence-electron chi connectivity index (χ3n) is 9.78. The topological polar surface area (TPSA) is 43.4 Å². The Hall–Kier alpha value is -1.12. The predicted octanol–water partition coefficient (Wildman–Crippen LogP) is 5.09. The molecule has 4 fully saturated rings. The molecule has 148 valence electrons. The minimum Gasteiger partial charge on any atom is -0.463 e. The number of rotatable bonds is 1. The lowest BCUT2D eigenvalue weighted by molar-refractivity contribution is -0.163. The Morgan fingerprint density at radius 1 is 1.04 bits per heavy atom. The number of carbonyl (C=O) groups is 2. The molecule has 0 radical (unpaired) electrons. The van der Waals surface area contributed by atoms with Crippen LogP contribution in [0, 0.1) is 40.4 Å². The number of carbonyl (C=O) groups excluding carboxylic acids is 2. The second-order valence-corrected chi connectivity index (χ2v) is 10.5. The maximum absolute atomic E-state index is 13.1. The zero-order valence-electron chi connectivity index (χ0n) is 16.9. The first-order valence-corrected chi connectivity index (χ1v) is 11.3. The molecule has 0 N–H and O–H groups in total. The van der Waals surface area contributed by atoms with Crippen molar-refractivity contribution in [3.8, 4) is 0 Å². The summed E-state index contributed by atoms with van der Waals surface area (Å²) in [4.78, 5) is 24.5. The third kappa shape index (κ3) is 2.45. The van der Waals surface area contributed by atoms with E-state index in [-0.39, 0.29) is 17.5 Å². The molecule has 0 aromatic rings. The van der Waals surface area contributed by atoms with Gasteiger partial charge < -0.3 is 4.74 Å². The van der Waals surface area contributed by atoms with Crippen LogP contribution in [0.3, 0.4) is 0 Å². The molecule has 3 nitrogen and oxygen atoms in total. The molecular weight excluding hydrogens is 336 g/mol. The van der Waals surface area contributed by atoms with Gasteiger partial charge in [0.05, 0.1) is 0 Å². The van der Waals surface area contributed by atoms with Crippen LogP contribution in [0.2, 0.25) is 0 Å². The number of ether oxygens (including phenoxy) is 1. The number of hydrogen-bond donors (Lipinski definition) is 0. The smallest absolute Gasteiger partial charge is 0.302 e. The highest BCUT2D eigenvalue weighted by molar-refractivity contribution is 5.96. The molecule has 0 aliphatic heterocycles. The molecule has 0 bridgehead atoms. The number of esters is 1. The lowest BCUT2D eigenvalue weighted by Gasteiger charge is -2.61. The van der Waals surface area contributed by atoms with Crippen LogP contribution in [0.15, 0.2) is 12.2 Å². The second kappa shape index (κ2) is 6.19. The van der Waals surface area contributed by atoms with E-state index in [9.17, 15) is 9.59 Å². The first-order valence-electron chi connectivity index (χ1n) is 11.3. The normalized spacial score (nSPS) is 51.0. The van der Waals surface area contributed by atoms with Crippen LogP contribution in [0.4, 0.5) is 0 Å². The number of fused-ring (bicyclic) bond motifs is 4. The SMILES string of the molecule is CC(=O)O[C@@H]1CC[C@@]2(C)[C@H](CC[C@@H]3[C@@H]2CC[C@]24C(=O)C=CC[C@H]2CC[C@@H]34)C1. The van der Waals surface area contributed by atoms with Gasteiger partial charge in [-0.2, -0.15) is 0 Å². The van der Waals surface area contributed by atoms with Crippen molar-refractivity contribution in [1.29, 1.82) is 0 Å². The van der Waals surface area contributed by atoms with Gasteiger partial charge in [-0.3, -0.25) is 9.59 Å². The fourth-order valence-electron chi connectivity index (χ4n) is 8.68. The van der Waals surface area contributed by atoms with Gasteiger partial charge in [0, 0.05) is 12.3 Å². The minimum atomic E-state index is -0.127. The molecule has 3 heteroatoms. The quantitative estimate of drug-likeness (QED) is 0.604. The molecule has 1 spiro atoms. The summed E-state index contributed by atoms with van der Waals surface area (Å²) in [5, 5.41) is 0. The Kier molecular flexibility index (Phi) is 4.11. The van der Waals surface area contributed by atoms with Crippen LogP contribution in [-0.4, -0.2) is 17.9 Å². The Bertz CT molecular complexity index is 681. The highest BCUT2D eigenvalue weighted by atomic mass is 16.5. The molecule has 0 saturated heterocycles. The van der Waals surface area contributed by atoms with Crippen molar-refractivity contribution in [3.63, 3.8) is 0 Å². The summed E-state index contributed by atoms with van der Waals surface area (Å²) in [5.74, 6) is 3.77. The van der Waals surface area contributed by atoms with Gasteiger partial charge in [0.2, 0.25) is 0 Å². The van der Waals surface area contributed by atoms with Gasteiger partial charge in [0.1, 0.15) is 6.10 Å². The van der Waals surface area contributed by atoms with Crippen LogP contribution >= 0.6 is 0 Å². The monoisotopic (exact) mass is 370 g/mol. The summed E-state index contributed by atoms with van der Waals surface area (Å²) in [7, 11) is 0. The molecule has 0 heterocycles. The predicted molar refractivity (Wildman–Crippen MR) is 104 cm³/mol. The van der Waals surface area contributed by atoms with Gasteiger partial charge in [-0.1, -0.05) is 13.0 Å². The lowest BCUT2D eigenvalue weighted by atomic mass is 9.43. The number of allylic oxidation sites excluding steroid dienone is 2. The van der Waals surface area contributed by atoms with Gasteiger partial charge in [0.25, 0.3) is 0 Å². The van der Waals surface area contributed by atoms with Gasteiger partial charge in [-0.15, -0.1) is 0 Å². The first kappa shape index (κ1) is 17.9. The van der Waals surface area contributed by atoms with Crippen LogP contribution in [0.1, 0.15) is 78.1 Å². The highest BCUT2D eigenvalue weighted by Crippen LogP contribution is 2.68. The highest BCUT2D eigenvalue weighted by Gasteiger charge is 2.64. The fraction of sp³-hybridized carbons (Fsp3) is 0.833. The summed E-state index contributed by atoms with van der Waals surface area (Å²) < 4.78 is 5.58. The lowest BCUT2D eigenvalue weighted by Crippen LogP contribution is -2.56. The first-order chi connectivity index (χ1) is 12.9. The molecule has 4 saturated carbocycles. The molecule has 0 amide bonds. The number of ketones is 1. The molecule has 8 atom stereocenters. The molecule has 27 heavy (non-hydrogen) atoms. The molecule has 0 aromatic heterocycles. The standard InChI is InChI=1S/C24H34O3/c1-15(25)27-18-10-12-23(2)17(14-18)6-8-19-20(23)11-13-24-16(7-9-21(19)24)4-3-5-22(24)26/h3,5,16-21H,4,6-14H2,1-2H3/t16-,17+,18+,19+,20-,21-,23-,24-/m0/s1. The van der Waals surface area contributed by atoms with Crippen LogP contribution in [0.25, 0.3) is 0 Å². The summed E-state index contributed by atoms with van der Waals surface area (Å²) >= 11 is 0. The zero-order valence-corrected chi connectivity index (χ0v) is 16.9. The Balaban J connectivity index is 1.40. The molecule has 5 aliphatic rings. The van der Waals surface area contributed by atoms with Crippen LogP contribution in [0.5, 0.6) is 0 Å². The Morgan fingerprint density at radius 2 is 1.85 bits per heavy atom. The summed E-state index contributed by atoms with van der Waals surface area (Å²) in [6.45, 7) is 4.07. The number of hydrogen-bond acceptors (Lipinski definition) is 3. The van der Waals surface area contributed by atoms with E-state index in [4.69, 9.17) is 4.74 Å². The molecular formula is C24H34O3. The van der Waals surface area contributed by atoms with Gasteiger partial charge in [-0.05, 0) is 105 Å². The summed E-state index contributed by atoms with van der Waals surface area (Å²) in [5.41, 5.74) is 0.376. The van der Waals surface area contributed by atoms with Crippen molar-refractivity contribution in [2.75, 3.05) is 0 Å². The largest absolute Gasteiger partial charge is 0.463 e. The molecule has 0 aromatic carbocycles. The average Bonchev–Trinajstić information content (AvgIpc) is 3.03. The Morgan fingerprint density at radius 3 is 2.67 bits per heavy atom. The van der Waals surface area contributed by atoms with Crippen LogP contribution in [-0.2, 0) is 14.3 Å². The van der Waals surface area contributed by atoms with Crippen molar-refractivity contribution in [2.24, 2.45) is 40.4 Å². The van der Waals surface area contributed by atoms with Crippen molar-refractivity contribution >= 4 is 11.8 Å². The van der Waals surface area contributed by atoms with E-state index in [1.165, 1.54) is 45.4 Å². The summed E-state index contributed by atoms with van der Waals surface area (Å²) in [6.07, 6.45) is 16.0. The van der Waals surface area contributed by atoms with Crippen molar-refractivity contribution < 1.29 is 14.3 Å². The van der Waals surface area contributed by atoms with Crippen LogP contribution < -0.4 is 0 Å². The van der Waals surface area contributed by atoms with Gasteiger partial charge in [-0.25, -0.2) is 0 Å². The van der Waals surface area contributed by atoms with E-state index in [0.717, 1.165) is 37.5 Å². The zero-order chi connectivity index (χ0) is 18.8. The third-order valence-corrected chi connectivity index (χ3v) is 9.78. The summed E-state index contributed by atoms with van der Waals surface area (Å²) in [6, 6.07) is 0. The van der Waals surface area contributed by atoms with E-state index in [2.05, 4.69) is 13.0 Å². The molecule has 0 unspecified atom stereocenters. The van der Waals surface area contributed by atoms with E-state index >= 15 is 0 Å². The van der Waals surface area contributed by atoms with E-state index in [0.29, 0.717) is 29.0 Å². The second-order valence-electron chi connectivity index (χ2n) is 10.5. The maximum Gasteiger partial charge on any atom is 0.302 e. The van der Waals surface area contributed by atoms with Crippen molar-refractivity contribution in [3.05, 3.63) is 12.2 Å². The van der Waals surface area contributed by atoms with Gasteiger partial charge in [0.15, 0.2) is 5.78 Å². The average molecular weight is 371 g/mol. The van der Waals surface area contributed by atoms with E-state index < -0.39 is 0 Å². The molecule has 5 aliphatic carbocycles. The molecule has 5 rings (SSSR count). The van der Waals surface area contributed by atoms with E-state index in [1.807, 2.05) is 6.08 Å².